The molecular weight excluding hydrogens is 223 g/mol. The Morgan fingerprint density at radius 1 is 1.50 bits per heavy atom. The van der Waals surface area contributed by atoms with Gasteiger partial charge in [-0.2, -0.15) is 0 Å². The van der Waals surface area contributed by atoms with Crippen molar-refractivity contribution in [1.82, 2.24) is 0 Å². The first kappa shape index (κ1) is 13.3. The minimum atomic E-state index is -0.781. The molecule has 2 nitrogen and oxygen atoms in total. The predicted octanol–water partition coefficient (Wildman–Crippen LogP) is 3.09. The zero-order valence-corrected chi connectivity index (χ0v) is 9.36. The summed E-state index contributed by atoms with van der Waals surface area (Å²) in [5.74, 6) is -0.781. The summed E-state index contributed by atoms with van der Waals surface area (Å²) in [6, 6.07) is 5.63. The Morgan fingerprint density at radius 3 is 2.64 bits per heavy atom. The van der Waals surface area contributed by atoms with E-state index in [0.29, 0.717) is 11.4 Å². The van der Waals surface area contributed by atoms with Crippen LogP contribution in [-0.2, 0) is 11.2 Å². The SMILES string of the molecule is Cc1ccc(CCC(=O)O)cc1Cl.Cl. The molecule has 0 fully saturated rings. The Balaban J connectivity index is 0.00000169. The van der Waals surface area contributed by atoms with E-state index in [9.17, 15) is 4.79 Å². The topological polar surface area (TPSA) is 37.3 Å². The van der Waals surface area contributed by atoms with E-state index in [-0.39, 0.29) is 18.8 Å². The first-order chi connectivity index (χ1) is 6.09. The van der Waals surface area contributed by atoms with Crippen molar-refractivity contribution in [2.45, 2.75) is 19.8 Å². The standard InChI is InChI=1S/C10H11ClO2.ClH/c1-7-2-3-8(6-9(7)11)4-5-10(12)13;/h2-3,6H,4-5H2,1H3,(H,12,13);1H. The highest BCUT2D eigenvalue weighted by Gasteiger charge is 2.01. The molecule has 1 aromatic rings. The van der Waals surface area contributed by atoms with Gasteiger partial charge in [-0.1, -0.05) is 23.7 Å². The van der Waals surface area contributed by atoms with Crippen LogP contribution in [0.25, 0.3) is 0 Å². The molecule has 1 N–H and O–H groups in total. The average Bonchev–Trinajstić information content (AvgIpc) is 2.07. The summed E-state index contributed by atoms with van der Waals surface area (Å²) < 4.78 is 0. The summed E-state index contributed by atoms with van der Waals surface area (Å²) in [4.78, 5) is 10.3. The summed E-state index contributed by atoms with van der Waals surface area (Å²) >= 11 is 5.88. The molecular formula is C10H12Cl2O2. The fourth-order valence-electron chi connectivity index (χ4n) is 1.04. The van der Waals surface area contributed by atoms with Gasteiger partial charge in [-0.3, -0.25) is 4.79 Å². The quantitative estimate of drug-likeness (QED) is 0.873. The number of rotatable bonds is 3. The monoisotopic (exact) mass is 234 g/mol. The molecule has 0 heterocycles. The van der Waals surface area contributed by atoms with Crippen molar-refractivity contribution in [2.75, 3.05) is 0 Å². The third-order valence-electron chi connectivity index (χ3n) is 1.86. The minimum absolute atomic E-state index is 0. The van der Waals surface area contributed by atoms with Crippen LogP contribution in [0.2, 0.25) is 5.02 Å². The highest BCUT2D eigenvalue weighted by atomic mass is 35.5. The van der Waals surface area contributed by atoms with Crippen molar-refractivity contribution in [3.63, 3.8) is 0 Å². The number of carboxylic acids is 1. The van der Waals surface area contributed by atoms with Crippen molar-refractivity contribution < 1.29 is 9.90 Å². The molecule has 14 heavy (non-hydrogen) atoms. The minimum Gasteiger partial charge on any atom is -0.481 e. The van der Waals surface area contributed by atoms with Crippen molar-refractivity contribution in [1.29, 1.82) is 0 Å². The fraction of sp³-hybridized carbons (Fsp3) is 0.300. The van der Waals surface area contributed by atoms with Crippen molar-refractivity contribution in [2.24, 2.45) is 0 Å². The molecule has 0 spiro atoms. The zero-order chi connectivity index (χ0) is 9.84. The summed E-state index contributed by atoms with van der Waals surface area (Å²) in [6.07, 6.45) is 0.689. The van der Waals surface area contributed by atoms with E-state index in [0.717, 1.165) is 11.1 Å². The summed E-state index contributed by atoms with van der Waals surface area (Å²) in [6.45, 7) is 1.92. The molecule has 0 atom stereocenters. The number of aryl methyl sites for hydroxylation is 2. The normalized spacial score (nSPS) is 9.29. The van der Waals surface area contributed by atoms with Crippen LogP contribution in [0, 0.1) is 6.92 Å². The van der Waals surface area contributed by atoms with Crippen molar-refractivity contribution >= 4 is 30.0 Å². The average molecular weight is 235 g/mol. The molecule has 0 saturated heterocycles. The second-order valence-corrected chi connectivity index (χ2v) is 3.38. The van der Waals surface area contributed by atoms with Crippen LogP contribution in [0.1, 0.15) is 17.5 Å². The van der Waals surface area contributed by atoms with Crippen LogP contribution in [0.15, 0.2) is 18.2 Å². The lowest BCUT2D eigenvalue weighted by atomic mass is 10.1. The van der Waals surface area contributed by atoms with Gasteiger partial charge in [0.05, 0.1) is 0 Å². The second-order valence-electron chi connectivity index (χ2n) is 2.98. The largest absolute Gasteiger partial charge is 0.481 e. The Hall–Kier alpha value is -0.730. The lowest BCUT2D eigenvalue weighted by molar-refractivity contribution is -0.136. The molecule has 78 valence electrons. The van der Waals surface area contributed by atoms with Gasteiger partial charge in [0.25, 0.3) is 0 Å². The summed E-state index contributed by atoms with van der Waals surface area (Å²) in [5, 5.41) is 9.16. The van der Waals surface area contributed by atoms with E-state index >= 15 is 0 Å². The van der Waals surface area contributed by atoms with Gasteiger partial charge in [0.2, 0.25) is 0 Å². The van der Waals surface area contributed by atoms with Gasteiger partial charge in [-0.15, -0.1) is 12.4 Å². The third kappa shape index (κ3) is 3.99. The Kier molecular flexibility index (Phi) is 5.58. The number of hydrogen-bond acceptors (Lipinski definition) is 1. The lowest BCUT2D eigenvalue weighted by Crippen LogP contribution is -1.97. The van der Waals surface area contributed by atoms with Gasteiger partial charge in [0.1, 0.15) is 0 Å². The Morgan fingerprint density at radius 2 is 2.14 bits per heavy atom. The summed E-state index contributed by atoms with van der Waals surface area (Å²) in [5.41, 5.74) is 1.98. The highest BCUT2D eigenvalue weighted by Crippen LogP contribution is 2.17. The molecule has 0 saturated carbocycles. The van der Waals surface area contributed by atoms with Gasteiger partial charge >= 0.3 is 5.97 Å². The van der Waals surface area contributed by atoms with Crippen LogP contribution >= 0.6 is 24.0 Å². The molecule has 0 aliphatic rings. The molecule has 0 aromatic heterocycles. The van der Waals surface area contributed by atoms with Crippen molar-refractivity contribution in [3.8, 4) is 0 Å². The van der Waals surface area contributed by atoms with Crippen LogP contribution in [0.3, 0.4) is 0 Å². The molecule has 1 aromatic carbocycles. The predicted molar refractivity (Wildman–Crippen MR) is 59.4 cm³/mol. The number of benzene rings is 1. The molecule has 0 amide bonds. The number of carboxylic acid groups (broad SMARTS) is 1. The Labute approximate surface area is 94.3 Å². The second kappa shape index (κ2) is 5.89. The Bertz CT molecular complexity index is 324. The van der Waals surface area contributed by atoms with E-state index in [2.05, 4.69) is 0 Å². The fourth-order valence-corrected chi connectivity index (χ4v) is 1.25. The van der Waals surface area contributed by atoms with Gasteiger partial charge in [0.15, 0.2) is 0 Å². The van der Waals surface area contributed by atoms with Crippen LogP contribution < -0.4 is 0 Å². The number of hydrogen-bond donors (Lipinski definition) is 1. The van der Waals surface area contributed by atoms with Crippen LogP contribution in [0.5, 0.6) is 0 Å². The van der Waals surface area contributed by atoms with E-state index in [4.69, 9.17) is 16.7 Å². The van der Waals surface area contributed by atoms with E-state index in [1.54, 1.807) is 0 Å². The molecule has 0 radical (unpaired) electrons. The maximum atomic E-state index is 10.3. The van der Waals surface area contributed by atoms with E-state index < -0.39 is 5.97 Å². The highest BCUT2D eigenvalue weighted by molar-refractivity contribution is 6.31. The first-order valence-electron chi connectivity index (χ1n) is 4.06. The lowest BCUT2D eigenvalue weighted by Gasteiger charge is -2.01. The molecule has 1 rings (SSSR count). The maximum absolute atomic E-state index is 10.3. The van der Waals surface area contributed by atoms with E-state index in [1.807, 2.05) is 25.1 Å². The van der Waals surface area contributed by atoms with Gasteiger partial charge < -0.3 is 5.11 Å². The number of halogens is 2. The molecule has 0 aliphatic carbocycles. The smallest absolute Gasteiger partial charge is 0.303 e. The third-order valence-corrected chi connectivity index (χ3v) is 2.27. The van der Waals surface area contributed by atoms with Crippen molar-refractivity contribution in [3.05, 3.63) is 34.3 Å². The maximum Gasteiger partial charge on any atom is 0.303 e. The van der Waals surface area contributed by atoms with Crippen LogP contribution in [0.4, 0.5) is 0 Å². The molecule has 0 aliphatic heterocycles. The summed E-state index contributed by atoms with van der Waals surface area (Å²) in [7, 11) is 0. The molecule has 0 bridgehead atoms. The zero-order valence-electron chi connectivity index (χ0n) is 7.79. The van der Waals surface area contributed by atoms with Gasteiger partial charge in [-0.25, -0.2) is 0 Å². The first-order valence-corrected chi connectivity index (χ1v) is 4.44. The van der Waals surface area contributed by atoms with Gasteiger partial charge in [0, 0.05) is 11.4 Å². The van der Waals surface area contributed by atoms with E-state index in [1.165, 1.54) is 0 Å². The molecule has 0 unspecified atom stereocenters. The number of aliphatic carboxylic acids is 1. The molecule has 4 heteroatoms. The van der Waals surface area contributed by atoms with Crippen LogP contribution in [-0.4, -0.2) is 11.1 Å². The van der Waals surface area contributed by atoms with Gasteiger partial charge in [-0.05, 0) is 30.5 Å². The number of carbonyl (C=O) groups is 1.